The lowest BCUT2D eigenvalue weighted by atomic mass is 10.1. The average Bonchev–Trinajstić information content (AvgIpc) is 2.66. The molecule has 1 N–H and O–H groups in total. The molecule has 0 aliphatic carbocycles. The van der Waals surface area contributed by atoms with Gasteiger partial charge >= 0.3 is 0 Å². The van der Waals surface area contributed by atoms with E-state index in [2.05, 4.69) is 5.32 Å². The van der Waals surface area contributed by atoms with Crippen molar-refractivity contribution < 1.29 is 19.1 Å². The minimum Gasteiger partial charge on any atom is -0.483 e. The van der Waals surface area contributed by atoms with E-state index in [0.29, 0.717) is 23.7 Å². The van der Waals surface area contributed by atoms with E-state index in [1.54, 1.807) is 23.1 Å². The summed E-state index contributed by atoms with van der Waals surface area (Å²) in [5.74, 6) is 0.992. The van der Waals surface area contributed by atoms with Gasteiger partial charge in [0.2, 0.25) is 0 Å². The van der Waals surface area contributed by atoms with Gasteiger partial charge in [-0.25, -0.2) is 0 Å². The van der Waals surface area contributed by atoms with Crippen LogP contribution in [0.15, 0.2) is 36.4 Å². The number of aryl methyl sites for hydroxylation is 2. The van der Waals surface area contributed by atoms with Gasteiger partial charge in [0.15, 0.2) is 13.2 Å². The summed E-state index contributed by atoms with van der Waals surface area (Å²) in [6.45, 7) is 5.10. The van der Waals surface area contributed by atoms with Gasteiger partial charge in [0, 0.05) is 18.8 Å². The zero-order chi connectivity index (χ0) is 21.0. The van der Waals surface area contributed by atoms with E-state index in [-0.39, 0.29) is 25.0 Å². The predicted octanol–water partition coefficient (Wildman–Crippen LogP) is 2.61. The van der Waals surface area contributed by atoms with E-state index in [1.807, 2.05) is 51.0 Å². The number of rotatable bonds is 7. The van der Waals surface area contributed by atoms with E-state index in [4.69, 9.17) is 9.47 Å². The monoisotopic (exact) mass is 397 g/mol. The van der Waals surface area contributed by atoms with Gasteiger partial charge in [-0.15, -0.1) is 0 Å². The van der Waals surface area contributed by atoms with Gasteiger partial charge < -0.3 is 24.6 Å². The number of nitrogens with one attached hydrogen (secondary N) is 1. The summed E-state index contributed by atoms with van der Waals surface area (Å²) in [7, 11) is 3.91. The first kappa shape index (κ1) is 20.7. The second-order valence-corrected chi connectivity index (χ2v) is 7.38. The lowest BCUT2D eigenvalue weighted by Gasteiger charge is -2.30. The molecule has 1 aliphatic heterocycles. The third kappa shape index (κ3) is 5.06. The highest BCUT2D eigenvalue weighted by Crippen LogP contribution is 2.34. The zero-order valence-electron chi connectivity index (χ0n) is 17.3. The summed E-state index contributed by atoms with van der Waals surface area (Å²) in [6.07, 6.45) is 0. The fourth-order valence-electron chi connectivity index (χ4n) is 3.19. The number of fused-ring (bicyclic) bond motifs is 1. The molecule has 29 heavy (non-hydrogen) atoms. The number of ether oxygens (including phenoxy) is 2. The Bertz CT molecular complexity index is 891. The molecule has 1 aliphatic rings. The van der Waals surface area contributed by atoms with Crippen LogP contribution in [0.25, 0.3) is 0 Å². The molecule has 0 aromatic heterocycles. The number of nitrogens with zero attached hydrogens (tertiary/aromatic N) is 2. The highest BCUT2D eigenvalue weighted by Gasteiger charge is 2.25. The van der Waals surface area contributed by atoms with Crippen molar-refractivity contribution >= 4 is 23.2 Å². The van der Waals surface area contributed by atoms with Crippen molar-refractivity contribution in [2.24, 2.45) is 0 Å². The van der Waals surface area contributed by atoms with Crippen LogP contribution in [0.4, 0.5) is 11.4 Å². The van der Waals surface area contributed by atoms with Crippen LogP contribution in [-0.4, -0.2) is 57.1 Å². The lowest BCUT2D eigenvalue weighted by molar-refractivity contribution is -0.121. The Kier molecular flexibility index (Phi) is 6.39. The first-order chi connectivity index (χ1) is 13.8. The van der Waals surface area contributed by atoms with E-state index in [0.717, 1.165) is 23.4 Å². The molecule has 2 aromatic rings. The Morgan fingerprint density at radius 2 is 1.93 bits per heavy atom. The van der Waals surface area contributed by atoms with E-state index in [1.165, 1.54) is 0 Å². The van der Waals surface area contributed by atoms with Crippen LogP contribution >= 0.6 is 0 Å². The lowest BCUT2D eigenvalue weighted by Crippen LogP contribution is -2.42. The maximum Gasteiger partial charge on any atom is 0.265 e. The second-order valence-electron chi connectivity index (χ2n) is 7.38. The van der Waals surface area contributed by atoms with Crippen LogP contribution in [0.5, 0.6) is 11.5 Å². The Hall–Kier alpha value is -3.06. The minimum atomic E-state index is -0.268. The molecule has 2 aromatic carbocycles. The van der Waals surface area contributed by atoms with Crippen LogP contribution in [0.2, 0.25) is 0 Å². The van der Waals surface area contributed by atoms with Crippen molar-refractivity contribution in [3.63, 3.8) is 0 Å². The number of amides is 2. The highest BCUT2D eigenvalue weighted by molar-refractivity contribution is 5.99. The molecule has 0 fully saturated rings. The standard InChI is InChI=1S/C22H27N3O4/c1-15-6-5-7-16(2)22(15)29-13-20(26)23-17-8-9-19-18(12-17)25(11-10-24(3)4)21(27)14-28-19/h5-9,12H,10-11,13-14H2,1-4H3,(H,23,26). The van der Waals surface area contributed by atoms with Gasteiger partial charge in [-0.05, 0) is 57.3 Å². The van der Waals surface area contributed by atoms with Crippen LogP contribution in [0, 0.1) is 13.8 Å². The molecule has 0 spiro atoms. The predicted molar refractivity (Wildman–Crippen MR) is 113 cm³/mol. The Labute approximate surface area is 171 Å². The summed E-state index contributed by atoms with van der Waals surface area (Å²) in [5, 5.41) is 2.83. The van der Waals surface area contributed by atoms with Gasteiger partial charge in [-0.1, -0.05) is 18.2 Å². The quantitative estimate of drug-likeness (QED) is 0.778. The second kappa shape index (κ2) is 8.96. The molecule has 7 heteroatoms. The summed E-state index contributed by atoms with van der Waals surface area (Å²) in [5.41, 5.74) is 3.22. The minimum absolute atomic E-state index is 0.0236. The average molecular weight is 397 g/mol. The molecule has 0 atom stereocenters. The van der Waals surface area contributed by atoms with Gasteiger partial charge in [-0.2, -0.15) is 0 Å². The van der Waals surface area contributed by atoms with Gasteiger partial charge in [0.05, 0.1) is 5.69 Å². The van der Waals surface area contributed by atoms with Crippen LogP contribution in [-0.2, 0) is 9.59 Å². The molecule has 154 valence electrons. The number of para-hydroxylation sites is 1. The van der Waals surface area contributed by atoms with E-state index in [9.17, 15) is 9.59 Å². The number of likely N-dealkylation sites (N-methyl/N-ethyl adjacent to an activating group) is 1. The fraction of sp³-hybridized carbons (Fsp3) is 0.364. The van der Waals surface area contributed by atoms with Crippen molar-refractivity contribution in [1.82, 2.24) is 4.90 Å². The number of carbonyl (C=O) groups is 2. The van der Waals surface area contributed by atoms with Gasteiger partial charge in [0.1, 0.15) is 11.5 Å². The zero-order valence-corrected chi connectivity index (χ0v) is 17.3. The molecule has 0 radical (unpaired) electrons. The molecule has 2 amide bonds. The van der Waals surface area contributed by atoms with Crippen LogP contribution < -0.4 is 19.7 Å². The van der Waals surface area contributed by atoms with Crippen molar-refractivity contribution in [3.8, 4) is 11.5 Å². The van der Waals surface area contributed by atoms with Crippen LogP contribution in [0.3, 0.4) is 0 Å². The SMILES string of the molecule is Cc1cccc(C)c1OCC(=O)Nc1ccc2c(c1)N(CCN(C)C)C(=O)CO2. The molecular formula is C22H27N3O4. The largest absolute Gasteiger partial charge is 0.483 e. The Balaban J connectivity index is 1.68. The Morgan fingerprint density at radius 3 is 2.62 bits per heavy atom. The molecule has 0 unspecified atom stereocenters. The summed E-state index contributed by atoms with van der Waals surface area (Å²) >= 11 is 0. The van der Waals surface area contributed by atoms with Crippen molar-refractivity contribution in [2.45, 2.75) is 13.8 Å². The molecule has 3 rings (SSSR count). The first-order valence-electron chi connectivity index (χ1n) is 9.56. The summed E-state index contributed by atoms with van der Waals surface area (Å²) in [6, 6.07) is 11.1. The number of hydrogen-bond acceptors (Lipinski definition) is 5. The molecule has 1 heterocycles. The van der Waals surface area contributed by atoms with Crippen molar-refractivity contribution in [3.05, 3.63) is 47.5 Å². The normalized spacial score (nSPS) is 13.1. The Morgan fingerprint density at radius 1 is 1.21 bits per heavy atom. The molecular weight excluding hydrogens is 370 g/mol. The molecule has 0 saturated heterocycles. The van der Waals surface area contributed by atoms with Gasteiger partial charge in [0.25, 0.3) is 11.8 Å². The number of benzene rings is 2. The number of anilines is 2. The summed E-state index contributed by atoms with van der Waals surface area (Å²) in [4.78, 5) is 28.4. The fourth-order valence-corrected chi connectivity index (χ4v) is 3.19. The number of carbonyl (C=O) groups excluding carboxylic acids is 2. The van der Waals surface area contributed by atoms with Gasteiger partial charge in [-0.3, -0.25) is 9.59 Å². The van der Waals surface area contributed by atoms with E-state index < -0.39 is 0 Å². The smallest absolute Gasteiger partial charge is 0.265 e. The maximum atomic E-state index is 12.4. The topological polar surface area (TPSA) is 71.1 Å². The first-order valence-corrected chi connectivity index (χ1v) is 9.56. The molecule has 0 saturated carbocycles. The van der Waals surface area contributed by atoms with Crippen molar-refractivity contribution in [2.75, 3.05) is 50.6 Å². The number of hydrogen-bond donors (Lipinski definition) is 1. The van der Waals surface area contributed by atoms with Crippen LogP contribution in [0.1, 0.15) is 11.1 Å². The molecule has 7 nitrogen and oxygen atoms in total. The third-order valence-corrected chi connectivity index (χ3v) is 4.71. The van der Waals surface area contributed by atoms with E-state index >= 15 is 0 Å². The highest BCUT2D eigenvalue weighted by atomic mass is 16.5. The maximum absolute atomic E-state index is 12.4. The summed E-state index contributed by atoms with van der Waals surface area (Å²) < 4.78 is 11.2. The third-order valence-electron chi connectivity index (χ3n) is 4.71. The molecule has 0 bridgehead atoms. The van der Waals surface area contributed by atoms with Crippen molar-refractivity contribution in [1.29, 1.82) is 0 Å².